The molecule has 0 unspecified atom stereocenters. The molecule has 0 aromatic carbocycles. The summed E-state index contributed by atoms with van der Waals surface area (Å²) >= 11 is 0. The maximum absolute atomic E-state index is 11.6. The second kappa shape index (κ2) is 7.89. The van der Waals surface area contributed by atoms with Gasteiger partial charge in [-0.25, -0.2) is 0 Å². The van der Waals surface area contributed by atoms with Crippen LogP contribution in [0.15, 0.2) is 11.6 Å². The largest absolute Gasteiger partial charge is 0.393 e. The molecule has 3 fully saturated rings. The maximum atomic E-state index is 11.6. The zero-order chi connectivity index (χ0) is 21.9. The molecular weight excluding hydrogens is 372 g/mol. The van der Waals surface area contributed by atoms with Crippen LogP contribution in [0.4, 0.5) is 0 Å². The van der Waals surface area contributed by atoms with Crippen LogP contribution in [0, 0.1) is 40.4 Å². The Hall–Kier alpha value is -0.380. The molecule has 3 N–H and O–H groups in total. The van der Waals surface area contributed by atoms with Crippen LogP contribution in [0.5, 0.6) is 0 Å². The highest BCUT2D eigenvalue weighted by atomic mass is 16.3. The van der Waals surface area contributed by atoms with E-state index in [0.717, 1.165) is 37.0 Å². The fourth-order valence-electron chi connectivity index (χ4n) is 8.57. The minimum Gasteiger partial charge on any atom is -0.393 e. The molecule has 3 nitrogen and oxygen atoms in total. The van der Waals surface area contributed by atoms with Crippen molar-refractivity contribution >= 4 is 0 Å². The molecule has 0 aliphatic heterocycles. The average Bonchev–Trinajstić information content (AvgIpc) is 3.01. The van der Waals surface area contributed by atoms with E-state index >= 15 is 0 Å². The van der Waals surface area contributed by atoms with Gasteiger partial charge in [0.15, 0.2) is 0 Å². The summed E-state index contributed by atoms with van der Waals surface area (Å²) in [6, 6.07) is 0. The zero-order valence-electron chi connectivity index (χ0n) is 20.0. The Bertz CT molecular complexity index is 671. The van der Waals surface area contributed by atoms with Crippen LogP contribution >= 0.6 is 0 Å². The Labute approximate surface area is 184 Å². The van der Waals surface area contributed by atoms with E-state index < -0.39 is 17.8 Å². The normalized spacial score (nSPS) is 49.2. The van der Waals surface area contributed by atoms with Crippen molar-refractivity contribution in [3.05, 3.63) is 11.6 Å². The van der Waals surface area contributed by atoms with Crippen molar-refractivity contribution in [1.82, 2.24) is 0 Å². The molecule has 3 heteroatoms. The fourth-order valence-corrected chi connectivity index (χ4v) is 8.57. The summed E-state index contributed by atoms with van der Waals surface area (Å²) in [5.41, 5.74) is 0.281. The van der Waals surface area contributed by atoms with Gasteiger partial charge in [0, 0.05) is 11.8 Å². The van der Waals surface area contributed by atoms with E-state index in [9.17, 15) is 15.3 Å². The first kappa shape index (κ1) is 22.8. The maximum Gasteiger partial charge on any atom is 0.102 e. The second-order valence-electron chi connectivity index (χ2n) is 12.5. The van der Waals surface area contributed by atoms with Crippen molar-refractivity contribution in [3.63, 3.8) is 0 Å². The van der Waals surface area contributed by atoms with Crippen LogP contribution in [-0.4, -0.2) is 33.1 Å². The molecule has 0 aromatic rings. The molecule has 0 heterocycles. The minimum absolute atomic E-state index is 0.308. The molecule has 0 saturated heterocycles. The van der Waals surface area contributed by atoms with Crippen LogP contribution in [0.25, 0.3) is 0 Å². The van der Waals surface area contributed by atoms with Gasteiger partial charge < -0.3 is 15.3 Å². The second-order valence-corrected chi connectivity index (χ2v) is 12.5. The molecule has 4 aliphatic carbocycles. The van der Waals surface area contributed by atoms with Gasteiger partial charge in [0.25, 0.3) is 0 Å². The Morgan fingerprint density at radius 1 is 0.967 bits per heavy atom. The van der Waals surface area contributed by atoms with Gasteiger partial charge in [0.2, 0.25) is 0 Å². The zero-order valence-corrected chi connectivity index (χ0v) is 20.0. The molecule has 9 atom stereocenters. The standard InChI is InChI=1S/C27H46O3/c1-17(2)7-6-8-18(3)21-9-10-22-20-15-24(29)27(30)16-19(28)11-14-26(27,5)23(20)12-13-25(21,22)4/h15,17-19,21-24,28-30H,6-14,16H2,1-5H3/t18-,19+,21-,22+,23+,24-,25-,26-,27+/m1/s1. The molecule has 0 radical (unpaired) electrons. The van der Waals surface area contributed by atoms with E-state index in [0.29, 0.717) is 23.7 Å². The number of allylic oxidation sites excluding steroid dienone is 1. The number of aliphatic hydroxyl groups is 3. The summed E-state index contributed by atoms with van der Waals surface area (Å²) in [4.78, 5) is 0. The van der Waals surface area contributed by atoms with Crippen LogP contribution in [0.2, 0.25) is 0 Å². The Balaban J connectivity index is 1.58. The molecular formula is C27H46O3. The van der Waals surface area contributed by atoms with Crippen molar-refractivity contribution in [2.75, 3.05) is 0 Å². The third-order valence-corrected chi connectivity index (χ3v) is 10.5. The van der Waals surface area contributed by atoms with Gasteiger partial charge in [-0.3, -0.25) is 0 Å². The summed E-state index contributed by atoms with van der Waals surface area (Å²) < 4.78 is 0. The smallest absolute Gasteiger partial charge is 0.102 e. The van der Waals surface area contributed by atoms with Gasteiger partial charge in [-0.15, -0.1) is 0 Å². The topological polar surface area (TPSA) is 60.7 Å². The van der Waals surface area contributed by atoms with Gasteiger partial charge in [-0.1, -0.05) is 65.5 Å². The van der Waals surface area contributed by atoms with Gasteiger partial charge in [0.1, 0.15) is 11.7 Å². The molecule has 30 heavy (non-hydrogen) atoms. The SMILES string of the molecule is CC(C)CCC[C@@H](C)[C@H]1CC[C@H]2C3=C[C@@H](O)[C@@]4(O)C[C@@H](O)CC[C@]4(C)[C@H]3CC[C@]12C. The highest BCUT2D eigenvalue weighted by Crippen LogP contribution is 2.67. The number of fused-ring (bicyclic) bond motifs is 5. The Morgan fingerprint density at radius 2 is 1.70 bits per heavy atom. The monoisotopic (exact) mass is 418 g/mol. The lowest BCUT2D eigenvalue weighted by Gasteiger charge is -2.62. The highest BCUT2D eigenvalue weighted by molar-refractivity contribution is 5.33. The fraction of sp³-hybridized carbons (Fsp3) is 0.926. The quantitative estimate of drug-likeness (QED) is 0.519. The van der Waals surface area contributed by atoms with Crippen LogP contribution < -0.4 is 0 Å². The average molecular weight is 419 g/mol. The Morgan fingerprint density at radius 3 is 2.40 bits per heavy atom. The predicted octanol–water partition coefficient (Wildman–Crippen LogP) is 5.47. The highest BCUT2D eigenvalue weighted by Gasteiger charge is 2.64. The number of rotatable bonds is 5. The lowest BCUT2D eigenvalue weighted by molar-refractivity contribution is -0.210. The molecule has 172 valence electrons. The van der Waals surface area contributed by atoms with E-state index in [1.807, 2.05) is 6.08 Å². The molecule has 3 saturated carbocycles. The molecule has 0 amide bonds. The summed E-state index contributed by atoms with van der Waals surface area (Å²) in [5.74, 6) is 3.24. The molecule has 0 spiro atoms. The summed E-state index contributed by atoms with van der Waals surface area (Å²) in [6.45, 7) is 11.9. The Kier molecular flexibility index (Phi) is 5.99. The van der Waals surface area contributed by atoms with Crippen LogP contribution in [-0.2, 0) is 0 Å². The summed E-state index contributed by atoms with van der Waals surface area (Å²) in [7, 11) is 0. The van der Waals surface area contributed by atoms with Crippen molar-refractivity contribution in [3.8, 4) is 0 Å². The van der Waals surface area contributed by atoms with Crippen LogP contribution in [0.1, 0.15) is 98.8 Å². The molecule has 0 aromatic heterocycles. The molecule has 4 rings (SSSR count). The summed E-state index contributed by atoms with van der Waals surface area (Å²) in [6.07, 6.45) is 11.5. The predicted molar refractivity (Wildman–Crippen MR) is 122 cm³/mol. The van der Waals surface area contributed by atoms with Crippen molar-refractivity contribution < 1.29 is 15.3 Å². The first-order valence-electron chi connectivity index (χ1n) is 12.8. The minimum atomic E-state index is -1.19. The van der Waals surface area contributed by atoms with Gasteiger partial charge in [0.05, 0.1) is 6.10 Å². The molecule has 4 aliphatic rings. The first-order chi connectivity index (χ1) is 14.0. The van der Waals surface area contributed by atoms with E-state index in [4.69, 9.17) is 0 Å². The van der Waals surface area contributed by atoms with E-state index in [2.05, 4.69) is 34.6 Å². The third kappa shape index (κ3) is 3.33. The number of aliphatic hydroxyl groups excluding tert-OH is 2. The number of hydrogen-bond acceptors (Lipinski definition) is 3. The van der Waals surface area contributed by atoms with E-state index in [1.165, 1.54) is 44.1 Å². The van der Waals surface area contributed by atoms with Crippen LogP contribution in [0.3, 0.4) is 0 Å². The van der Waals surface area contributed by atoms with Gasteiger partial charge >= 0.3 is 0 Å². The van der Waals surface area contributed by atoms with Gasteiger partial charge in [-0.2, -0.15) is 0 Å². The lowest BCUT2D eigenvalue weighted by Crippen LogP contribution is -2.65. The lowest BCUT2D eigenvalue weighted by atomic mass is 9.45. The van der Waals surface area contributed by atoms with Crippen molar-refractivity contribution in [2.24, 2.45) is 40.4 Å². The third-order valence-electron chi connectivity index (χ3n) is 10.5. The number of hydrogen-bond donors (Lipinski definition) is 3. The van der Waals surface area contributed by atoms with Crippen molar-refractivity contribution in [1.29, 1.82) is 0 Å². The van der Waals surface area contributed by atoms with E-state index in [1.54, 1.807) is 0 Å². The van der Waals surface area contributed by atoms with Gasteiger partial charge in [-0.05, 0) is 73.5 Å². The van der Waals surface area contributed by atoms with Crippen molar-refractivity contribution in [2.45, 2.75) is 117 Å². The van der Waals surface area contributed by atoms with E-state index in [-0.39, 0.29) is 5.41 Å². The summed E-state index contributed by atoms with van der Waals surface area (Å²) in [5, 5.41) is 32.9. The molecule has 0 bridgehead atoms. The first-order valence-corrected chi connectivity index (χ1v) is 12.8.